The molecule has 0 amide bonds. The Labute approximate surface area is 146 Å². The number of rotatable bonds is 7. The van der Waals surface area contributed by atoms with Crippen LogP contribution in [0.2, 0.25) is 0 Å². The van der Waals surface area contributed by atoms with Crippen molar-refractivity contribution in [3.63, 3.8) is 0 Å². The van der Waals surface area contributed by atoms with E-state index in [1.54, 1.807) is 6.92 Å². The largest absolute Gasteiger partial charge is 0.507 e. The third kappa shape index (κ3) is 4.97. The molecule has 0 heterocycles. The summed E-state index contributed by atoms with van der Waals surface area (Å²) in [5.74, 6) is -1.20. The Bertz CT molecular complexity index is 739. The lowest BCUT2D eigenvalue weighted by molar-refractivity contribution is -0.142. The number of benzene rings is 2. The van der Waals surface area contributed by atoms with Crippen LogP contribution in [0.4, 0.5) is 0 Å². The van der Waals surface area contributed by atoms with Crippen LogP contribution in [-0.4, -0.2) is 30.8 Å². The van der Waals surface area contributed by atoms with Gasteiger partial charge in [-0.3, -0.25) is 4.79 Å². The zero-order chi connectivity index (χ0) is 18.2. The second-order valence-corrected chi connectivity index (χ2v) is 5.22. The summed E-state index contributed by atoms with van der Waals surface area (Å²) in [6, 6.07) is 12.4. The highest BCUT2D eigenvalue weighted by atomic mass is 16.5. The minimum atomic E-state index is -0.730. The fourth-order valence-electron chi connectivity index (χ4n) is 2.33. The van der Waals surface area contributed by atoms with Crippen molar-refractivity contribution in [2.75, 3.05) is 13.7 Å². The van der Waals surface area contributed by atoms with Crippen LogP contribution in [0.3, 0.4) is 0 Å². The van der Waals surface area contributed by atoms with Crippen molar-refractivity contribution in [1.29, 1.82) is 0 Å². The number of carbonyl (C=O) groups is 2. The number of hydrogen-bond donors (Lipinski definition) is 1. The Balaban J connectivity index is 2.27. The van der Waals surface area contributed by atoms with Gasteiger partial charge in [0.25, 0.3) is 0 Å². The van der Waals surface area contributed by atoms with Gasteiger partial charge in [0.15, 0.2) is 0 Å². The number of hydrogen-bond acceptors (Lipinski definition) is 6. The molecule has 0 bridgehead atoms. The molecule has 6 heteroatoms. The lowest BCUT2D eigenvalue weighted by atomic mass is 10.0. The molecule has 1 N–H and O–H groups in total. The van der Waals surface area contributed by atoms with E-state index in [4.69, 9.17) is 9.47 Å². The first kappa shape index (κ1) is 18.3. The summed E-state index contributed by atoms with van der Waals surface area (Å²) in [6.07, 6.45) is -0.172. The standard InChI is InChI=1S/C19H20O6/c1-3-24-17(21)10-14-9-15(11-16(20)18(14)19(22)23-2)25-12-13-7-5-4-6-8-13/h4-9,11,20H,3,10,12H2,1-2H3. The lowest BCUT2D eigenvalue weighted by Crippen LogP contribution is -2.13. The van der Waals surface area contributed by atoms with Crippen molar-refractivity contribution >= 4 is 11.9 Å². The van der Waals surface area contributed by atoms with Crippen molar-refractivity contribution in [3.05, 3.63) is 59.2 Å². The molecule has 132 valence electrons. The van der Waals surface area contributed by atoms with Gasteiger partial charge in [0.1, 0.15) is 23.7 Å². The van der Waals surface area contributed by atoms with Crippen LogP contribution < -0.4 is 4.74 Å². The van der Waals surface area contributed by atoms with Gasteiger partial charge in [-0.1, -0.05) is 30.3 Å². The molecule has 0 spiro atoms. The van der Waals surface area contributed by atoms with E-state index in [9.17, 15) is 14.7 Å². The molecule has 0 saturated heterocycles. The van der Waals surface area contributed by atoms with Gasteiger partial charge in [-0.2, -0.15) is 0 Å². The fourth-order valence-corrected chi connectivity index (χ4v) is 2.33. The van der Waals surface area contributed by atoms with E-state index in [2.05, 4.69) is 4.74 Å². The number of phenolic OH excluding ortho intramolecular Hbond substituents is 1. The summed E-state index contributed by atoms with van der Waals surface area (Å²) >= 11 is 0. The molecule has 0 aromatic heterocycles. The Morgan fingerprint density at radius 3 is 2.48 bits per heavy atom. The molecular formula is C19H20O6. The van der Waals surface area contributed by atoms with Gasteiger partial charge in [0.05, 0.1) is 20.1 Å². The van der Waals surface area contributed by atoms with Gasteiger partial charge in [0, 0.05) is 6.07 Å². The number of esters is 2. The predicted octanol–water partition coefficient (Wildman–Crippen LogP) is 2.86. The molecule has 0 radical (unpaired) electrons. The summed E-state index contributed by atoms with van der Waals surface area (Å²) in [4.78, 5) is 23.7. The Hall–Kier alpha value is -3.02. The lowest BCUT2D eigenvalue weighted by Gasteiger charge is -2.13. The van der Waals surface area contributed by atoms with Gasteiger partial charge in [-0.25, -0.2) is 4.79 Å². The van der Waals surface area contributed by atoms with Crippen molar-refractivity contribution < 1.29 is 28.9 Å². The third-order valence-electron chi connectivity index (χ3n) is 3.45. The average Bonchev–Trinajstić information content (AvgIpc) is 2.60. The molecule has 2 rings (SSSR count). The minimum Gasteiger partial charge on any atom is -0.507 e. The van der Waals surface area contributed by atoms with E-state index in [-0.39, 0.29) is 36.5 Å². The quantitative estimate of drug-likeness (QED) is 0.778. The monoisotopic (exact) mass is 344 g/mol. The first-order chi connectivity index (χ1) is 12.0. The van der Waals surface area contributed by atoms with E-state index in [0.717, 1.165) is 5.56 Å². The van der Waals surface area contributed by atoms with Crippen LogP contribution in [-0.2, 0) is 27.3 Å². The molecule has 2 aromatic rings. The molecule has 0 aliphatic heterocycles. The summed E-state index contributed by atoms with van der Waals surface area (Å²) in [6.45, 7) is 2.20. The third-order valence-corrected chi connectivity index (χ3v) is 3.45. The Morgan fingerprint density at radius 2 is 1.84 bits per heavy atom. The van der Waals surface area contributed by atoms with Crippen LogP contribution in [0.5, 0.6) is 11.5 Å². The summed E-state index contributed by atoms with van der Waals surface area (Å²) in [5.41, 5.74) is 1.17. The number of phenols is 1. The number of ether oxygens (including phenoxy) is 3. The molecule has 0 fully saturated rings. The molecule has 2 aromatic carbocycles. The highest BCUT2D eigenvalue weighted by Crippen LogP contribution is 2.30. The molecule has 0 aliphatic carbocycles. The maximum atomic E-state index is 11.9. The SMILES string of the molecule is CCOC(=O)Cc1cc(OCc2ccccc2)cc(O)c1C(=O)OC. The van der Waals surface area contributed by atoms with Crippen molar-refractivity contribution in [2.24, 2.45) is 0 Å². The van der Waals surface area contributed by atoms with Gasteiger partial charge < -0.3 is 19.3 Å². The first-order valence-electron chi connectivity index (χ1n) is 7.81. The van der Waals surface area contributed by atoms with E-state index < -0.39 is 11.9 Å². The normalized spacial score (nSPS) is 10.2. The van der Waals surface area contributed by atoms with Crippen LogP contribution in [0.15, 0.2) is 42.5 Å². The van der Waals surface area contributed by atoms with E-state index >= 15 is 0 Å². The van der Waals surface area contributed by atoms with Gasteiger partial charge >= 0.3 is 11.9 Å². The molecule has 0 saturated carbocycles. The number of carbonyl (C=O) groups excluding carboxylic acids is 2. The zero-order valence-corrected chi connectivity index (χ0v) is 14.2. The molecule has 0 atom stereocenters. The van der Waals surface area contributed by atoms with Gasteiger partial charge in [0.2, 0.25) is 0 Å². The Kier molecular flexibility index (Phi) is 6.39. The maximum Gasteiger partial charge on any atom is 0.341 e. The molecular weight excluding hydrogens is 324 g/mol. The minimum absolute atomic E-state index is 0.0670. The van der Waals surface area contributed by atoms with Crippen LogP contribution in [0.1, 0.15) is 28.4 Å². The smallest absolute Gasteiger partial charge is 0.341 e. The summed E-state index contributed by atoms with van der Waals surface area (Å²) in [5, 5.41) is 10.2. The number of methoxy groups -OCH3 is 1. The van der Waals surface area contributed by atoms with Crippen LogP contribution in [0, 0.1) is 0 Å². The highest BCUT2D eigenvalue weighted by Gasteiger charge is 2.21. The van der Waals surface area contributed by atoms with E-state index in [1.165, 1.54) is 19.2 Å². The van der Waals surface area contributed by atoms with Gasteiger partial charge in [-0.15, -0.1) is 0 Å². The zero-order valence-electron chi connectivity index (χ0n) is 14.2. The fraction of sp³-hybridized carbons (Fsp3) is 0.263. The molecule has 0 unspecified atom stereocenters. The van der Waals surface area contributed by atoms with E-state index in [0.29, 0.717) is 5.75 Å². The summed E-state index contributed by atoms with van der Waals surface area (Å²) in [7, 11) is 1.20. The van der Waals surface area contributed by atoms with E-state index in [1.807, 2.05) is 30.3 Å². The molecule has 6 nitrogen and oxygen atoms in total. The van der Waals surface area contributed by atoms with Crippen molar-refractivity contribution in [1.82, 2.24) is 0 Å². The van der Waals surface area contributed by atoms with Gasteiger partial charge in [-0.05, 0) is 24.1 Å². The molecule has 25 heavy (non-hydrogen) atoms. The van der Waals surface area contributed by atoms with Crippen LogP contribution >= 0.6 is 0 Å². The molecule has 0 aliphatic rings. The first-order valence-corrected chi connectivity index (χ1v) is 7.81. The topological polar surface area (TPSA) is 82.1 Å². The Morgan fingerprint density at radius 1 is 1.12 bits per heavy atom. The van der Waals surface area contributed by atoms with Crippen molar-refractivity contribution in [3.8, 4) is 11.5 Å². The average molecular weight is 344 g/mol. The second-order valence-electron chi connectivity index (χ2n) is 5.22. The number of aromatic hydroxyl groups is 1. The van der Waals surface area contributed by atoms with Crippen molar-refractivity contribution in [2.45, 2.75) is 20.0 Å². The maximum absolute atomic E-state index is 11.9. The second kappa shape index (κ2) is 8.73. The summed E-state index contributed by atoms with van der Waals surface area (Å²) < 4.78 is 15.2. The van der Waals surface area contributed by atoms with Crippen LogP contribution in [0.25, 0.3) is 0 Å². The highest BCUT2D eigenvalue weighted by molar-refractivity contribution is 5.95. The predicted molar refractivity (Wildman–Crippen MR) is 90.6 cm³/mol.